The number of hydrogen-bond acceptors (Lipinski definition) is 5. The van der Waals surface area contributed by atoms with Crippen LogP contribution in [0.1, 0.15) is 18.6 Å². The van der Waals surface area contributed by atoms with Gasteiger partial charge in [0.05, 0.1) is 6.54 Å². The summed E-state index contributed by atoms with van der Waals surface area (Å²) in [5.41, 5.74) is 5.39. The first-order valence-corrected chi connectivity index (χ1v) is 7.75. The Kier molecular flexibility index (Phi) is 6.30. The average molecular weight is 341 g/mol. The van der Waals surface area contributed by atoms with Gasteiger partial charge in [-0.3, -0.25) is 0 Å². The van der Waals surface area contributed by atoms with Crippen molar-refractivity contribution < 1.29 is 17.6 Å². The Balaban J connectivity index is 2.60. The molecule has 0 aliphatic rings. The first kappa shape index (κ1) is 15.6. The lowest BCUT2D eigenvalue weighted by Gasteiger charge is -2.04. The van der Waals surface area contributed by atoms with Crippen molar-refractivity contribution in [2.45, 2.75) is 24.3 Å². The zero-order valence-corrected chi connectivity index (χ0v) is 12.5. The monoisotopic (exact) mass is 340 g/mol. The van der Waals surface area contributed by atoms with E-state index >= 15 is 0 Å². The third kappa shape index (κ3) is 4.36. The van der Waals surface area contributed by atoms with Gasteiger partial charge in [-0.15, -0.1) is 0 Å². The third-order valence-corrected chi connectivity index (χ3v) is 4.58. The van der Waals surface area contributed by atoms with Crippen LogP contribution >= 0.6 is 15.9 Å². The molecule has 0 bridgehead atoms. The van der Waals surface area contributed by atoms with Crippen molar-refractivity contribution in [1.82, 2.24) is 4.72 Å². The van der Waals surface area contributed by atoms with Gasteiger partial charge in [-0.25, -0.2) is 13.1 Å². The van der Waals surface area contributed by atoms with E-state index in [9.17, 15) is 8.42 Å². The molecule has 18 heavy (non-hydrogen) atoms. The van der Waals surface area contributed by atoms with Crippen LogP contribution in [-0.2, 0) is 21.3 Å². The van der Waals surface area contributed by atoms with Crippen LogP contribution in [0.5, 0.6) is 0 Å². The molecule has 1 rings (SSSR count). The lowest BCUT2D eigenvalue weighted by molar-refractivity contribution is 0.193. The number of sulfonamides is 1. The Morgan fingerprint density at radius 3 is 2.78 bits per heavy atom. The summed E-state index contributed by atoms with van der Waals surface area (Å²) in [6.45, 7) is 1.14. The van der Waals surface area contributed by atoms with E-state index in [1.165, 1.54) is 6.07 Å². The van der Waals surface area contributed by atoms with Crippen LogP contribution in [0.3, 0.4) is 0 Å². The summed E-state index contributed by atoms with van der Waals surface area (Å²) in [5.74, 6) is 0.418. The molecule has 0 aliphatic heterocycles. The van der Waals surface area contributed by atoms with E-state index in [-0.39, 0.29) is 16.1 Å². The number of nitrogens with two attached hydrogens (primary N) is 1. The molecule has 0 aliphatic carbocycles. The minimum Gasteiger partial charge on any atom is -0.452 e. The molecule has 3 N–H and O–H groups in total. The quantitative estimate of drug-likeness (QED) is 0.693. The number of rotatable bonds is 8. The van der Waals surface area contributed by atoms with Gasteiger partial charge in [0, 0.05) is 26.3 Å². The van der Waals surface area contributed by atoms with Crippen LogP contribution in [-0.4, -0.2) is 28.7 Å². The van der Waals surface area contributed by atoms with Gasteiger partial charge < -0.3 is 14.9 Å². The first-order chi connectivity index (χ1) is 8.51. The van der Waals surface area contributed by atoms with Gasteiger partial charge in [0.15, 0.2) is 4.67 Å². The van der Waals surface area contributed by atoms with Crippen LogP contribution in [0.2, 0.25) is 0 Å². The normalized spacial score (nSPS) is 11.9. The van der Waals surface area contributed by atoms with Crippen LogP contribution in [0, 0.1) is 0 Å². The Morgan fingerprint density at radius 1 is 1.50 bits per heavy atom. The van der Waals surface area contributed by atoms with Gasteiger partial charge in [-0.2, -0.15) is 0 Å². The smallest absolute Gasteiger partial charge is 0.244 e. The number of hydrogen-bond donors (Lipinski definition) is 2. The number of unbranched alkanes of at least 4 members (excludes halogenated alkanes) is 1. The molecule has 0 atom stereocenters. The van der Waals surface area contributed by atoms with Crippen LogP contribution in [0.4, 0.5) is 0 Å². The number of nitrogens with one attached hydrogen (secondary N) is 1. The molecule has 8 heteroatoms. The summed E-state index contributed by atoms with van der Waals surface area (Å²) in [5, 5.41) is 0. The zero-order chi connectivity index (χ0) is 13.6. The molecular formula is C10H17BrN2O4S. The van der Waals surface area contributed by atoms with E-state index in [0.717, 1.165) is 6.42 Å². The van der Waals surface area contributed by atoms with E-state index in [2.05, 4.69) is 20.7 Å². The fourth-order valence-corrected chi connectivity index (χ4v) is 3.41. The molecule has 0 fully saturated rings. The van der Waals surface area contributed by atoms with Gasteiger partial charge in [0.2, 0.25) is 10.0 Å². The molecule has 0 saturated carbocycles. The molecule has 0 spiro atoms. The summed E-state index contributed by atoms with van der Waals surface area (Å²) in [4.78, 5) is 0.0784. The fraction of sp³-hybridized carbons (Fsp3) is 0.600. The van der Waals surface area contributed by atoms with Crippen molar-refractivity contribution >= 4 is 26.0 Å². The zero-order valence-electron chi connectivity index (χ0n) is 10.1. The Morgan fingerprint density at radius 2 is 2.22 bits per heavy atom. The van der Waals surface area contributed by atoms with E-state index in [4.69, 9.17) is 14.9 Å². The van der Waals surface area contributed by atoms with Crippen LogP contribution in [0.15, 0.2) is 20.0 Å². The van der Waals surface area contributed by atoms with Gasteiger partial charge in [-0.1, -0.05) is 0 Å². The maximum Gasteiger partial charge on any atom is 0.244 e. The SMILES string of the molecule is COCCCCNS(=O)(=O)c1cc(CN)oc1Br. The summed E-state index contributed by atoms with van der Waals surface area (Å²) < 4.78 is 36.6. The van der Waals surface area contributed by atoms with E-state index in [1.807, 2.05) is 0 Å². The summed E-state index contributed by atoms with van der Waals surface area (Å²) in [7, 11) is -1.94. The summed E-state index contributed by atoms with van der Waals surface area (Å²) in [6, 6.07) is 1.42. The molecular weight excluding hydrogens is 324 g/mol. The predicted octanol–water partition coefficient (Wildman–Crippen LogP) is 1.21. The molecule has 1 heterocycles. The summed E-state index contributed by atoms with van der Waals surface area (Å²) in [6.07, 6.45) is 1.52. The van der Waals surface area contributed by atoms with E-state index in [1.54, 1.807) is 7.11 Å². The van der Waals surface area contributed by atoms with E-state index in [0.29, 0.717) is 25.3 Å². The molecule has 1 aromatic heterocycles. The molecule has 104 valence electrons. The second-order valence-corrected chi connectivity index (χ2v) is 6.11. The van der Waals surface area contributed by atoms with Crippen LogP contribution < -0.4 is 10.5 Å². The molecule has 6 nitrogen and oxygen atoms in total. The highest BCUT2D eigenvalue weighted by atomic mass is 79.9. The molecule has 0 unspecified atom stereocenters. The van der Waals surface area contributed by atoms with Gasteiger partial charge in [-0.05, 0) is 28.8 Å². The Hall–Kier alpha value is -0.410. The van der Waals surface area contributed by atoms with Gasteiger partial charge in [0.25, 0.3) is 0 Å². The van der Waals surface area contributed by atoms with Crippen molar-refractivity contribution in [1.29, 1.82) is 0 Å². The Bertz CT molecular complexity index is 472. The second kappa shape index (κ2) is 7.25. The number of halogens is 1. The van der Waals surface area contributed by atoms with Crippen molar-refractivity contribution in [2.24, 2.45) is 5.73 Å². The minimum absolute atomic E-state index is 0.0784. The van der Waals surface area contributed by atoms with Crippen molar-refractivity contribution in [3.63, 3.8) is 0 Å². The van der Waals surface area contributed by atoms with Crippen molar-refractivity contribution in [3.05, 3.63) is 16.5 Å². The first-order valence-electron chi connectivity index (χ1n) is 5.48. The molecule has 0 aromatic carbocycles. The molecule has 0 saturated heterocycles. The third-order valence-electron chi connectivity index (χ3n) is 2.26. The highest BCUT2D eigenvalue weighted by Crippen LogP contribution is 2.25. The lowest BCUT2D eigenvalue weighted by Crippen LogP contribution is -2.24. The molecule has 0 amide bonds. The lowest BCUT2D eigenvalue weighted by atomic mass is 10.3. The average Bonchev–Trinajstić information content (AvgIpc) is 2.71. The fourth-order valence-electron chi connectivity index (χ4n) is 1.34. The van der Waals surface area contributed by atoms with Gasteiger partial charge >= 0.3 is 0 Å². The van der Waals surface area contributed by atoms with Crippen LogP contribution in [0.25, 0.3) is 0 Å². The predicted molar refractivity (Wildman–Crippen MR) is 70.6 cm³/mol. The number of ether oxygens (including phenoxy) is 1. The topological polar surface area (TPSA) is 94.6 Å². The number of furan rings is 1. The standard InChI is InChI=1S/C10H17BrN2O4S/c1-16-5-3-2-4-13-18(14,15)9-6-8(7-12)17-10(9)11/h6,13H,2-5,7,12H2,1H3. The second-order valence-electron chi connectivity index (χ2n) is 3.65. The van der Waals surface area contributed by atoms with Crippen molar-refractivity contribution in [3.8, 4) is 0 Å². The van der Waals surface area contributed by atoms with E-state index < -0.39 is 10.0 Å². The molecule has 0 radical (unpaired) electrons. The Labute approximate surface area is 115 Å². The highest BCUT2D eigenvalue weighted by Gasteiger charge is 2.21. The maximum absolute atomic E-state index is 11.9. The largest absolute Gasteiger partial charge is 0.452 e. The number of methoxy groups -OCH3 is 1. The minimum atomic E-state index is -3.55. The molecule has 1 aromatic rings. The maximum atomic E-state index is 11.9. The summed E-state index contributed by atoms with van der Waals surface area (Å²) >= 11 is 3.07. The highest BCUT2D eigenvalue weighted by molar-refractivity contribution is 9.10. The van der Waals surface area contributed by atoms with Gasteiger partial charge in [0.1, 0.15) is 10.7 Å². The van der Waals surface area contributed by atoms with Crippen molar-refractivity contribution in [2.75, 3.05) is 20.3 Å².